The van der Waals surface area contributed by atoms with Crippen molar-refractivity contribution in [2.45, 2.75) is 13.8 Å². The number of amides is 1. The van der Waals surface area contributed by atoms with Crippen LogP contribution in [0, 0.1) is 13.8 Å². The van der Waals surface area contributed by atoms with E-state index < -0.39 is 0 Å². The third-order valence-electron chi connectivity index (χ3n) is 3.52. The molecule has 21 heavy (non-hydrogen) atoms. The molecule has 0 atom stereocenters. The first-order valence-electron chi connectivity index (χ1n) is 7.13. The summed E-state index contributed by atoms with van der Waals surface area (Å²) in [6.45, 7) is 5.82. The smallest absolute Gasteiger partial charge is 0.255 e. The lowest BCUT2D eigenvalue weighted by Gasteiger charge is -2.20. The molecule has 2 aromatic carbocycles. The van der Waals surface area contributed by atoms with Crippen molar-refractivity contribution in [2.24, 2.45) is 0 Å². The van der Waals surface area contributed by atoms with Crippen LogP contribution in [0.1, 0.15) is 21.5 Å². The Labute approximate surface area is 124 Å². The molecule has 1 aliphatic heterocycles. The Morgan fingerprint density at radius 3 is 2.33 bits per heavy atom. The van der Waals surface area contributed by atoms with E-state index in [0.717, 1.165) is 41.3 Å². The number of rotatable bonds is 2. The van der Waals surface area contributed by atoms with Gasteiger partial charge in [-0.3, -0.25) is 4.79 Å². The number of carbonyl (C=O) groups excluding carboxylic acids is 1. The normalized spacial score (nSPS) is 12.9. The molecular formula is C17H19N3O. The van der Waals surface area contributed by atoms with Crippen molar-refractivity contribution in [3.63, 3.8) is 0 Å². The summed E-state index contributed by atoms with van der Waals surface area (Å²) in [7, 11) is 0. The van der Waals surface area contributed by atoms with Crippen molar-refractivity contribution in [2.75, 3.05) is 29.0 Å². The van der Waals surface area contributed by atoms with Crippen LogP contribution in [0.15, 0.2) is 36.4 Å². The summed E-state index contributed by atoms with van der Waals surface area (Å²) in [5.74, 6) is -0.0878. The zero-order valence-corrected chi connectivity index (χ0v) is 12.3. The maximum Gasteiger partial charge on any atom is 0.255 e. The van der Waals surface area contributed by atoms with Crippen LogP contribution in [0.25, 0.3) is 0 Å². The minimum Gasteiger partial charge on any atom is -0.382 e. The zero-order valence-electron chi connectivity index (χ0n) is 12.3. The summed E-state index contributed by atoms with van der Waals surface area (Å²) in [4.78, 5) is 12.4. The average molecular weight is 281 g/mol. The van der Waals surface area contributed by atoms with Crippen molar-refractivity contribution in [1.29, 1.82) is 0 Å². The number of benzene rings is 2. The number of anilines is 3. The number of hydrogen-bond acceptors (Lipinski definition) is 3. The lowest BCUT2D eigenvalue weighted by molar-refractivity contribution is 0.102. The van der Waals surface area contributed by atoms with Crippen LogP contribution < -0.4 is 16.0 Å². The number of hydrogen-bond donors (Lipinski definition) is 3. The molecule has 0 saturated heterocycles. The highest BCUT2D eigenvalue weighted by Gasteiger charge is 2.12. The largest absolute Gasteiger partial charge is 0.382 e. The van der Waals surface area contributed by atoms with E-state index >= 15 is 0 Å². The highest BCUT2D eigenvalue weighted by atomic mass is 16.1. The molecule has 0 aliphatic carbocycles. The zero-order chi connectivity index (χ0) is 14.8. The molecule has 4 heteroatoms. The fourth-order valence-electron chi connectivity index (χ4n) is 2.63. The van der Waals surface area contributed by atoms with Crippen LogP contribution in [0.2, 0.25) is 0 Å². The van der Waals surface area contributed by atoms with Crippen molar-refractivity contribution in [3.05, 3.63) is 53.1 Å². The third-order valence-corrected chi connectivity index (χ3v) is 3.52. The number of carbonyl (C=O) groups is 1. The first kappa shape index (κ1) is 13.5. The van der Waals surface area contributed by atoms with E-state index in [1.54, 1.807) is 0 Å². The van der Waals surface area contributed by atoms with Crippen molar-refractivity contribution < 1.29 is 4.79 Å². The Balaban J connectivity index is 1.82. The molecule has 3 N–H and O–H groups in total. The van der Waals surface area contributed by atoms with E-state index in [1.165, 1.54) is 0 Å². The Hall–Kier alpha value is -2.49. The first-order chi connectivity index (χ1) is 10.1. The van der Waals surface area contributed by atoms with Crippen LogP contribution >= 0.6 is 0 Å². The second-order valence-electron chi connectivity index (χ2n) is 5.44. The van der Waals surface area contributed by atoms with Gasteiger partial charge >= 0.3 is 0 Å². The van der Waals surface area contributed by atoms with E-state index in [9.17, 15) is 4.79 Å². The average Bonchev–Trinajstić information content (AvgIpc) is 2.45. The van der Waals surface area contributed by atoms with Gasteiger partial charge in [-0.15, -0.1) is 0 Å². The second-order valence-corrected chi connectivity index (χ2v) is 5.44. The molecule has 1 amide bonds. The lowest BCUT2D eigenvalue weighted by atomic mass is 10.1. The van der Waals surface area contributed by atoms with Gasteiger partial charge in [0.05, 0.1) is 11.4 Å². The molecule has 108 valence electrons. The molecule has 3 rings (SSSR count). The van der Waals surface area contributed by atoms with Gasteiger partial charge in [-0.2, -0.15) is 0 Å². The summed E-state index contributed by atoms with van der Waals surface area (Å²) in [5, 5.41) is 9.56. The van der Waals surface area contributed by atoms with Gasteiger partial charge in [0.1, 0.15) is 0 Å². The topological polar surface area (TPSA) is 53.2 Å². The van der Waals surface area contributed by atoms with Crippen molar-refractivity contribution in [3.8, 4) is 0 Å². The molecule has 0 bridgehead atoms. The predicted molar refractivity (Wildman–Crippen MR) is 87.3 cm³/mol. The molecule has 0 unspecified atom stereocenters. The van der Waals surface area contributed by atoms with Gasteiger partial charge in [0.2, 0.25) is 0 Å². The van der Waals surface area contributed by atoms with Gasteiger partial charge < -0.3 is 16.0 Å². The van der Waals surface area contributed by atoms with E-state index in [2.05, 4.69) is 22.0 Å². The van der Waals surface area contributed by atoms with Crippen LogP contribution in [-0.4, -0.2) is 19.0 Å². The van der Waals surface area contributed by atoms with E-state index in [1.807, 2.05) is 44.2 Å². The molecule has 0 fully saturated rings. The van der Waals surface area contributed by atoms with Crippen LogP contribution in [0.5, 0.6) is 0 Å². The summed E-state index contributed by atoms with van der Waals surface area (Å²) in [6.07, 6.45) is 0. The molecule has 0 spiro atoms. The highest BCUT2D eigenvalue weighted by molar-refractivity contribution is 6.05. The number of fused-ring (bicyclic) bond motifs is 1. The summed E-state index contributed by atoms with van der Waals surface area (Å²) < 4.78 is 0. The van der Waals surface area contributed by atoms with Crippen LogP contribution in [-0.2, 0) is 0 Å². The van der Waals surface area contributed by atoms with Gasteiger partial charge in [-0.25, -0.2) is 0 Å². The van der Waals surface area contributed by atoms with Gasteiger partial charge in [0.15, 0.2) is 0 Å². The number of nitrogens with one attached hydrogen (secondary N) is 3. The summed E-state index contributed by atoms with van der Waals surface area (Å²) in [5.41, 5.74) is 5.80. The Bertz CT molecular complexity index is 674. The van der Waals surface area contributed by atoms with Gasteiger partial charge in [0.25, 0.3) is 5.91 Å². The maximum atomic E-state index is 12.4. The van der Waals surface area contributed by atoms with E-state index in [-0.39, 0.29) is 5.91 Å². The monoisotopic (exact) mass is 281 g/mol. The minimum absolute atomic E-state index is 0.0878. The van der Waals surface area contributed by atoms with Gasteiger partial charge in [-0.05, 0) is 55.3 Å². The fourth-order valence-corrected chi connectivity index (χ4v) is 2.63. The quantitative estimate of drug-likeness (QED) is 0.791. The fraction of sp³-hybridized carbons (Fsp3) is 0.235. The standard InChI is InChI=1S/C17H19N3O/c1-11-7-12(2)9-14(8-11)20-17(21)13-3-4-15-16(10-13)19-6-5-18-15/h3-4,7-10,18-19H,5-6H2,1-2H3,(H,20,21). The van der Waals surface area contributed by atoms with Gasteiger partial charge in [0, 0.05) is 24.3 Å². The van der Waals surface area contributed by atoms with Gasteiger partial charge in [-0.1, -0.05) is 6.07 Å². The van der Waals surface area contributed by atoms with Crippen molar-refractivity contribution >= 4 is 23.0 Å². The Kier molecular flexibility index (Phi) is 3.52. The molecule has 0 saturated carbocycles. The van der Waals surface area contributed by atoms with E-state index in [4.69, 9.17) is 0 Å². The van der Waals surface area contributed by atoms with E-state index in [0.29, 0.717) is 5.56 Å². The highest BCUT2D eigenvalue weighted by Crippen LogP contribution is 2.26. The van der Waals surface area contributed by atoms with Crippen molar-refractivity contribution in [1.82, 2.24) is 0 Å². The second kappa shape index (κ2) is 5.48. The first-order valence-corrected chi connectivity index (χ1v) is 7.13. The Morgan fingerprint density at radius 2 is 1.62 bits per heavy atom. The maximum absolute atomic E-state index is 12.4. The molecule has 1 aliphatic rings. The number of aryl methyl sites for hydroxylation is 2. The molecule has 0 radical (unpaired) electrons. The predicted octanol–water partition coefficient (Wildman–Crippen LogP) is 3.39. The molecule has 0 aromatic heterocycles. The summed E-state index contributed by atoms with van der Waals surface area (Å²) in [6, 6.07) is 11.7. The molecule has 4 nitrogen and oxygen atoms in total. The third kappa shape index (κ3) is 2.99. The summed E-state index contributed by atoms with van der Waals surface area (Å²) >= 11 is 0. The minimum atomic E-state index is -0.0878. The van der Waals surface area contributed by atoms with Crippen LogP contribution in [0.3, 0.4) is 0 Å². The molecule has 2 aromatic rings. The molecule has 1 heterocycles. The Morgan fingerprint density at radius 1 is 0.952 bits per heavy atom. The molecular weight excluding hydrogens is 262 g/mol. The lowest BCUT2D eigenvalue weighted by Crippen LogP contribution is -2.21. The van der Waals surface area contributed by atoms with Crippen LogP contribution in [0.4, 0.5) is 17.1 Å². The SMILES string of the molecule is Cc1cc(C)cc(NC(=O)c2ccc3c(c2)NCCN3)c1.